The molecule has 1 heterocycles. The van der Waals surface area contributed by atoms with Crippen LogP contribution in [0.1, 0.15) is 17.4 Å². The summed E-state index contributed by atoms with van der Waals surface area (Å²) >= 11 is 12.1. The van der Waals surface area contributed by atoms with E-state index in [1.807, 2.05) is 0 Å². The van der Waals surface area contributed by atoms with Gasteiger partial charge in [-0.2, -0.15) is 0 Å². The monoisotopic (exact) mass is 365 g/mol. The maximum Gasteiger partial charge on any atom is 0.269 e. The third-order valence-corrected chi connectivity index (χ3v) is 4.01. The summed E-state index contributed by atoms with van der Waals surface area (Å²) in [6.07, 6.45) is 1.74. The minimum absolute atomic E-state index is 0.0506. The summed E-state index contributed by atoms with van der Waals surface area (Å²) in [5.41, 5.74) is 10.3. The second-order valence-corrected chi connectivity index (χ2v) is 5.76. The van der Waals surface area contributed by atoms with Crippen molar-refractivity contribution in [1.29, 1.82) is 0 Å². The zero-order valence-corrected chi connectivity index (χ0v) is 13.6. The van der Waals surface area contributed by atoms with E-state index in [-0.39, 0.29) is 12.1 Å². The molecule has 3 rings (SSSR count). The Hall–Kier alpha value is -2.40. The van der Waals surface area contributed by atoms with Gasteiger partial charge >= 0.3 is 0 Å². The lowest BCUT2D eigenvalue weighted by Gasteiger charge is -2.17. The molecule has 0 amide bonds. The van der Waals surface area contributed by atoms with Gasteiger partial charge in [-0.15, -0.1) is 0 Å². The number of rotatable bonds is 4. The molecule has 1 aliphatic heterocycles. The summed E-state index contributed by atoms with van der Waals surface area (Å²) in [6, 6.07) is 7.95. The Morgan fingerprint density at radius 1 is 1.17 bits per heavy atom. The van der Waals surface area contributed by atoms with Crippen LogP contribution in [0.25, 0.3) is 21.6 Å². The molecule has 0 bridgehead atoms. The highest BCUT2D eigenvalue weighted by atomic mass is 35.5. The standard InChI is InChI=1S/C16H10Cl2FN3O2/c17-11-1-2-12(13(18)7-11)9-5-10(8-21-22-20)15(14(19)6-9)16-23-3-4-24-16/h1-7,16H,8H2. The fourth-order valence-electron chi connectivity index (χ4n) is 2.43. The van der Waals surface area contributed by atoms with Gasteiger partial charge in [0.15, 0.2) is 0 Å². The van der Waals surface area contributed by atoms with E-state index in [9.17, 15) is 4.39 Å². The lowest BCUT2D eigenvalue weighted by Crippen LogP contribution is -2.06. The van der Waals surface area contributed by atoms with Crippen molar-refractivity contribution < 1.29 is 13.9 Å². The molecular formula is C16H10Cl2FN3O2. The van der Waals surface area contributed by atoms with Crippen LogP contribution in [-0.2, 0) is 16.0 Å². The molecule has 122 valence electrons. The van der Waals surface area contributed by atoms with E-state index in [1.54, 1.807) is 24.3 Å². The first-order valence-corrected chi connectivity index (χ1v) is 7.60. The largest absolute Gasteiger partial charge is 0.455 e. The van der Waals surface area contributed by atoms with Crippen molar-refractivity contribution in [2.45, 2.75) is 12.8 Å². The van der Waals surface area contributed by atoms with Crippen LogP contribution in [0.15, 0.2) is 48.0 Å². The van der Waals surface area contributed by atoms with Crippen LogP contribution in [-0.4, -0.2) is 0 Å². The zero-order chi connectivity index (χ0) is 17.1. The average Bonchev–Trinajstić information content (AvgIpc) is 3.06. The Morgan fingerprint density at radius 2 is 1.92 bits per heavy atom. The van der Waals surface area contributed by atoms with Gasteiger partial charge in [-0.25, -0.2) is 4.39 Å². The summed E-state index contributed by atoms with van der Waals surface area (Å²) in [7, 11) is 0. The van der Waals surface area contributed by atoms with Crippen LogP contribution >= 0.6 is 23.2 Å². The quantitative estimate of drug-likeness (QED) is 0.371. The molecule has 0 saturated carbocycles. The van der Waals surface area contributed by atoms with Crippen LogP contribution in [0.4, 0.5) is 4.39 Å². The Bertz CT molecular complexity index is 859. The second kappa shape index (κ2) is 7.01. The highest BCUT2D eigenvalue weighted by Gasteiger charge is 2.24. The van der Waals surface area contributed by atoms with Crippen molar-refractivity contribution in [3.05, 3.63) is 80.3 Å². The number of halogens is 3. The SMILES string of the molecule is [N-]=[N+]=NCc1cc(-c2ccc(Cl)cc2Cl)cc(F)c1C1OC=CO1. The van der Waals surface area contributed by atoms with E-state index in [0.29, 0.717) is 26.7 Å². The first kappa shape index (κ1) is 16.5. The van der Waals surface area contributed by atoms with E-state index >= 15 is 0 Å². The Balaban J connectivity index is 2.11. The molecule has 0 saturated heterocycles. The molecule has 0 aliphatic carbocycles. The molecule has 0 atom stereocenters. The molecule has 24 heavy (non-hydrogen) atoms. The highest BCUT2D eigenvalue weighted by Crippen LogP contribution is 2.36. The van der Waals surface area contributed by atoms with Gasteiger partial charge in [-0.05, 0) is 34.9 Å². The summed E-state index contributed by atoms with van der Waals surface area (Å²) < 4.78 is 25.1. The molecule has 0 spiro atoms. The predicted octanol–water partition coefficient (Wildman–Crippen LogP) is 6.13. The highest BCUT2D eigenvalue weighted by molar-refractivity contribution is 6.36. The van der Waals surface area contributed by atoms with Crippen molar-refractivity contribution in [3.8, 4) is 11.1 Å². The summed E-state index contributed by atoms with van der Waals surface area (Å²) in [6.45, 7) is -0.0506. The third-order valence-electron chi connectivity index (χ3n) is 3.46. The molecular weight excluding hydrogens is 356 g/mol. The minimum atomic E-state index is -0.913. The van der Waals surface area contributed by atoms with Gasteiger partial charge < -0.3 is 9.47 Å². The molecule has 8 heteroatoms. The van der Waals surface area contributed by atoms with Crippen molar-refractivity contribution in [3.63, 3.8) is 0 Å². The Labute approximate surface area is 146 Å². The van der Waals surface area contributed by atoms with E-state index in [1.165, 1.54) is 18.6 Å². The van der Waals surface area contributed by atoms with Gasteiger partial charge in [0.1, 0.15) is 18.3 Å². The first-order valence-electron chi connectivity index (χ1n) is 6.84. The second-order valence-electron chi connectivity index (χ2n) is 4.92. The topological polar surface area (TPSA) is 67.2 Å². The maximum absolute atomic E-state index is 14.7. The van der Waals surface area contributed by atoms with E-state index in [2.05, 4.69) is 10.0 Å². The predicted molar refractivity (Wildman–Crippen MR) is 88.8 cm³/mol. The number of nitrogens with zero attached hydrogens (tertiary/aromatic N) is 3. The number of ether oxygens (including phenoxy) is 2. The molecule has 0 aromatic heterocycles. The van der Waals surface area contributed by atoms with Crippen LogP contribution < -0.4 is 0 Å². The molecule has 1 aliphatic rings. The van der Waals surface area contributed by atoms with Gasteiger partial charge in [0.05, 0.1) is 12.1 Å². The smallest absolute Gasteiger partial charge is 0.269 e. The normalized spacial score (nSPS) is 13.3. The summed E-state index contributed by atoms with van der Waals surface area (Å²) in [5.74, 6) is -0.546. The molecule has 2 aromatic carbocycles. The van der Waals surface area contributed by atoms with Crippen LogP contribution in [0, 0.1) is 5.82 Å². The van der Waals surface area contributed by atoms with Crippen molar-refractivity contribution in [1.82, 2.24) is 0 Å². The molecule has 0 radical (unpaired) electrons. The van der Waals surface area contributed by atoms with Crippen LogP contribution in [0.3, 0.4) is 0 Å². The minimum Gasteiger partial charge on any atom is -0.455 e. The van der Waals surface area contributed by atoms with Crippen molar-refractivity contribution in [2.24, 2.45) is 5.11 Å². The van der Waals surface area contributed by atoms with Crippen LogP contribution in [0.5, 0.6) is 0 Å². The lowest BCUT2D eigenvalue weighted by atomic mass is 9.98. The molecule has 2 aromatic rings. The molecule has 0 N–H and O–H groups in total. The van der Waals surface area contributed by atoms with E-state index < -0.39 is 12.1 Å². The zero-order valence-electron chi connectivity index (χ0n) is 12.1. The van der Waals surface area contributed by atoms with Gasteiger partial charge in [-0.3, -0.25) is 0 Å². The van der Waals surface area contributed by atoms with Crippen molar-refractivity contribution >= 4 is 23.2 Å². The third kappa shape index (κ3) is 3.26. The fraction of sp³-hybridized carbons (Fsp3) is 0.125. The van der Waals surface area contributed by atoms with E-state index in [4.69, 9.17) is 38.2 Å². The molecule has 0 unspecified atom stereocenters. The number of azide groups is 1. The lowest BCUT2D eigenvalue weighted by molar-refractivity contribution is -0.0277. The van der Waals surface area contributed by atoms with Crippen molar-refractivity contribution in [2.75, 3.05) is 0 Å². The fourth-order valence-corrected chi connectivity index (χ4v) is 2.95. The van der Waals surface area contributed by atoms with E-state index in [0.717, 1.165) is 0 Å². The van der Waals surface area contributed by atoms with Gasteiger partial charge in [0.25, 0.3) is 6.29 Å². The molecule has 5 nitrogen and oxygen atoms in total. The number of benzene rings is 2. The van der Waals surface area contributed by atoms with Gasteiger partial charge in [0, 0.05) is 20.5 Å². The number of hydrogen-bond acceptors (Lipinski definition) is 3. The Morgan fingerprint density at radius 3 is 2.58 bits per heavy atom. The number of hydrogen-bond donors (Lipinski definition) is 0. The molecule has 0 fully saturated rings. The summed E-state index contributed by atoms with van der Waals surface area (Å²) in [5, 5.41) is 4.38. The first-order chi connectivity index (χ1) is 11.6. The van der Waals surface area contributed by atoms with Gasteiger partial charge in [-0.1, -0.05) is 40.4 Å². The average molecular weight is 366 g/mol. The maximum atomic E-state index is 14.7. The van der Waals surface area contributed by atoms with Gasteiger partial charge in [0.2, 0.25) is 0 Å². The van der Waals surface area contributed by atoms with Crippen LogP contribution in [0.2, 0.25) is 10.0 Å². The Kier molecular flexibility index (Phi) is 4.81. The summed E-state index contributed by atoms with van der Waals surface area (Å²) in [4.78, 5) is 2.72.